The third kappa shape index (κ3) is 2.93. The zero-order valence-corrected chi connectivity index (χ0v) is 8.14. The van der Waals surface area contributed by atoms with E-state index in [2.05, 4.69) is 4.98 Å². The van der Waals surface area contributed by atoms with Crippen molar-refractivity contribution in [2.45, 2.75) is 19.5 Å². The Bertz CT molecular complexity index is 387. The minimum absolute atomic E-state index is 0.355. The molecular weight excluding hydrogens is 209 g/mol. The maximum Gasteiger partial charge on any atom is 0.261 e. The van der Waals surface area contributed by atoms with E-state index in [0.717, 1.165) is 26.0 Å². The number of aromatic nitrogens is 1. The van der Waals surface area contributed by atoms with Crippen LogP contribution in [0.4, 0.5) is 18.9 Å². The quantitative estimate of drug-likeness (QED) is 0.772. The molecule has 1 rings (SSSR count). The molecule has 82 valence electrons. The molecule has 1 amide bonds. The van der Waals surface area contributed by atoms with Gasteiger partial charge in [0.05, 0.1) is 5.69 Å². The van der Waals surface area contributed by atoms with E-state index in [1.807, 2.05) is 5.32 Å². The normalized spacial score (nSPS) is 11.3. The molecule has 0 aliphatic carbocycles. The van der Waals surface area contributed by atoms with E-state index in [9.17, 15) is 18.0 Å². The van der Waals surface area contributed by atoms with Crippen molar-refractivity contribution in [1.29, 1.82) is 0 Å². The molecule has 0 fully saturated rings. The summed E-state index contributed by atoms with van der Waals surface area (Å²) in [6.45, 7) is 2.05. The highest BCUT2D eigenvalue weighted by molar-refractivity contribution is 5.96. The van der Waals surface area contributed by atoms with Gasteiger partial charge in [0.15, 0.2) is 5.67 Å². The molecule has 0 aliphatic rings. The fraction of sp³-hybridized carbons (Fsp3) is 0.333. The maximum absolute atomic E-state index is 13.1. The van der Waals surface area contributed by atoms with Crippen LogP contribution in [0, 0.1) is 11.9 Å². The molecule has 1 aromatic rings. The molecule has 0 radical (unpaired) electrons. The number of alkyl halides is 1. The summed E-state index contributed by atoms with van der Waals surface area (Å²) in [5.74, 6) is -3.22. The van der Waals surface area contributed by atoms with Gasteiger partial charge in [0, 0.05) is 0 Å². The minimum atomic E-state index is -2.14. The minimum Gasteiger partial charge on any atom is -0.319 e. The van der Waals surface area contributed by atoms with Gasteiger partial charge in [-0.3, -0.25) is 4.79 Å². The lowest BCUT2D eigenvalue weighted by molar-refractivity contribution is -0.125. The number of anilines is 1. The van der Waals surface area contributed by atoms with Gasteiger partial charge in [-0.2, -0.15) is 13.8 Å². The van der Waals surface area contributed by atoms with Gasteiger partial charge >= 0.3 is 0 Å². The molecule has 0 aromatic carbocycles. The number of nitrogens with zero attached hydrogens (tertiary/aromatic N) is 1. The molecule has 0 spiro atoms. The molecule has 15 heavy (non-hydrogen) atoms. The highest BCUT2D eigenvalue weighted by Crippen LogP contribution is 2.16. The van der Waals surface area contributed by atoms with Crippen LogP contribution < -0.4 is 5.32 Å². The molecule has 0 bridgehead atoms. The van der Waals surface area contributed by atoms with Crippen LogP contribution in [0.2, 0.25) is 0 Å². The van der Waals surface area contributed by atoms with Crippen molar-refractivity contribution in [2.75, 3.05) is 5.32 Å². The van der Waals surface area contributed by atoms with Gasteiger partial charge in [0.1, 0.15) is 0 Å². The van der Waals surface area contributed by atoms with Gasteiger partial charge < -0.3 is 5.32 Å². The molecule has 0 saturated heterocycles. The first-order valence-corrected chi connectivity index (χ1v) is 4.13. The van der Waals surface area contributed by atoms with Crippen molar-refractivity contribution < 1.29 is 18.0 Å². The number of halogens is 3. The number of hydrogen-bond donors (Lipinski definition) is 1. The largest absolute Gasteiger partial charge is 0.319 e. The maximum atomic E-state index is 13.1. The Morgan fingerprint density at radius 3 is 2.47 bits per heavy atom. The topological polar surface area (TPSA) is 42.0 Å². The summed E-state index contributed by atoms with van der Waals surface area (Å²) in [5.41, 5.74) is -2.49. The lowest BCUT2D eigenvalue weighted by atomic mass is 10.1. The van der Waals surface area contributed by atoms with Gasteiger partial charge in [-0.1, -0.05) is 0 Å². The highest BCUT2D eigenvalue weighted by Gasteiger charge is 2.27. The van der Waals surface area contributed by atoms with E-state index in [4.69, 9.17) is 0 Å². The molecule has 0 atom stereocenters. The van der Waals surface area contributed by atoms with Crippen molar-refractivity contribution in [3.8, 4) is 0 Å². The van der Waals surface area contributed by atoms with Crippen LogP contribution in [0.3, 0.4) is 0 Å². The van der Waals surface area contributed by atoms with Crippen molar-refractivity contribution in [3.63, 3.8) is 0 Å². The zero-order valence-electron chi connectivity index (χ0n) is 8.14. The van der Waals surface area contributed by atoms with Gasteiger partial charge in [0.25, 0.3) is 5.91 Å². The average molecular weight is 218 g/mol. The van der Waals surface area contributed by atoms with Crippen molar-refractivity contribution >= 4 is 11.6 Å². The number of nitrogens with one attached hydrogen (secondary N) is 1. The molecule has 6 heteroatoms. The summed E-state index contributed by atoms with van der Waals surface area (Å²) in [6.07, 6.45) is 0. The first kappa shape index (κ1) is 11.5. The van der Waals surface area contributed by atoms with E-state index in [1.54, 1.807) is 0 Å². The Morgan fingerprint density at radius 2 is 2.00 bits per heavy atom. The molecule has 0 aliphatic heterocycles. The van der Waals surface area contributed by atoms with E-state index >= 15 is 0 Å². The molecule has 1 aromatic heterocycles. The number of carbonyl (C=O) groups is 1. The third-order valence-corrected chi connectivity index (χ3v) is 1.60. The summed E-state index contributed by atoms with van der Waals surface area (Å²) in [7, 11) is 0. The molecule has 0 saturated carbocycles. The molecular formula is C9H9F3N2O. The van der Waals surface area contributed by atoms with E-state index in [-0.39, 0.29) is 5.69 Å². The number of carbonyl (C=O) groups excluding carboxylic acids is 1. The monoisotopic (exact) mass is 218 g/mol. The lowest BCUT2D eigenvalue weighted by Gasteiger charge is -2.13. The third-order valence-electron chi connectivity index (χ3n) is 1.60. The highest BCUT2D eigenvalue weighted by atomic mass is 19.1. The fourth-order valence-electron chi connectivity index (χ4n) is 0.776. The van der Waals surface area contributed by atoms with Crippen molar-refractivity contribution in [2.24, 2.45) is 0 Å². The van der Waals surface area contributed by atoms with E-state index in [0.29, 0.717) is 0 Å². The predicted octanol–water partition coefficient (Wildman–Crippen LogP) is 2.05. The summed E-state index contributed by atoms with van der Waals surface area (Å²) in [5, 5.41) is 1.96. The van der Waals surface area contributed by atoms with Crippen LogP contribution in [0.25, 0.3) is 0 Å². The molecule has 1 N–H and O–H groups in total. The van der Waals surface area contributed by atoms with Crippen LogP contribution in [-0.2, 0) is 4.79 Å². The smallest absolute Gasteiger partial charge is 0.261 e. The Labute approximate surface area is 84.3 Å². The fourth-order valence-corrected chi connectivity index (χ4v) is 0.776. The number of rotatable bonds is 2. The Hall–Kier alpha value is -1.59. The first-order chi connectivity index (χ1) is 6.80. The predicted molar refractivity (Wildman–Crippen MR) is 48.0 cm³/mol. The van der Waals surface area contributed by atoms with Crippen LogP contribution in [0.1, 0.15) is 13.8 Å². The Morgan fingerprint density at radius 1 is 1.40 bits per heavy atom. The van der Waals surface area contributed by atoms with Crippen molar-refractivity contribution in [1.82, 2.24) is 4.98 Å². The van der Waals surface area contributed by atoms with Crippen LogP contribution in [0.15, 0.2) is 12.1 Å². The van der Waals surface area contributed by atoms with Gasteiger partial charge in [-0.15, -0.1) is 0 Å². The van der Waals surface area contributed by atoms with Crippen LogP contribution >= 0.6 is 0 Å². The van der Waals surface area contributed by atoms with Gasteiger partial charge in [-0.25, -0.2) is 4.39 Å². The second kappa shape index (κ2) is 3.88. The van der Waals surface area contributed by atoms with Gasteiger partial charge in [-0.05, 0) is 26.0 Å². The Balaban J connectivity index is 2.87. The number of hydrogen-bond acceptors (Lipinski definition) is 2. The summed E-state index contributed by atoms with van der Waals surface area (Å²) in [6, 6.07) is 1.84. The molecule has 1 heterocycles. The zero-order chi connectivity index (χ0) is 11.6. The van der Waals surface area contributed by atoms with E-state index in [1.165, 1.54) is 0 Å². The summed E-state index contributed by atoms with van der Waals surface area (Å²) < 4.78 is 38.3. The SMILES string of the molecule is CC(C)(F)C(=O)Nc1ccc(F)nc1F. The molecule has 3 nitrogen and oxygen atoms in total. The van der Waals surface area contributed by atoms with E-state index < -0.39 is 23.5 Å². The second-order valence-electron chi connectivity index (χ2n) is 3.40. The Kier molecular flexibility index (Phi) is 2.97. The van der Waals surface area contributed by atoms with Crippen LogP contribution in [-0.4, -0.2) is 16.6 Å². The number of pyridine rings is 1. The van der Waals surface area contributed by atoms with Crippen LogP contribution in [0.5, 0.6) is 0 Å². The second-order valence-corrected chi connectivity index (χ2v) is 3.40. The van der Waals surface area contributed by atoms with Gasteiger partial charge in [0.2, 0.25) is 11.9 Å². The average Bonchev–Trinajstić information content (AvgIpc) is 2.08. The lowest BCUT2D eigenvalue weighted by Crippen LogP contribution is -2.32. The number of amides is 1. The first-order valence-electron chi connectivity index (χ1n) is 4.13. The summed E-state index contributed by atoms with van der Waals surface area (Å²) >= 11 is 0. The molecule has 0 unspecified atom stereocenters. The van der Waals surface area contributed by atoms with Crippen molar-refractivity contribution in [3.05, 3.63) is 24.0 Å². The summed E-state index contributed by atoms with van der Waals surface area (Å²) in [4.78, 5) is 13.9. The standard InChI is InChI=1S/C9H9F3N2O/c1-9(2,12)8(15)13-5-3-4-6(10)14-7(5)11/h3-4H,1-2H3,(H,13,15).